The molecule has 0 unspecified atom stereocenters. The quantitative estimate of drug-likeness (QED) is 0.687. The van der Waals surface area contributed by atoms with E-state index in [2.05, 4.69) is 10.4 Å². The molecule has 0 atom stereocenters. The summed E-state index contributed by atoms with van der Waals surface area (Å²) in [4.78, 5) is 10.7. The van der Waals surface area contributed by atoms with Crippen LogP contribution in [0.1, 0.15) is 22.5 Å². The first-order chi connectivity index (χ1) is 9.43. The fraction of sp³-hybridized carbons (Fsp3) is 0.357. The maximum Gasteiger partial charge on any atom is 0.292 e. The van der Waals surface area contributed by atoms with Crippen molar-refractivity contribution in [1.29, 1.82) is 0 Å². The molecule has 1 aromatic carbocycles. The van der Waals surface area contributed by atoms with Gasteiger partial charge in [0.05, 0.1) is 17.2 Å². The number of rotatable bonds is 4. The summed E-state index contributed by atoms with van der Waals surface area (Å²) in [6.07, 6.45) is 0. The zero-order chi connectivity index (χ0) is 14.9. The number of nitro groups is 1. The predicted octanol–water partition coefficient (Wildman–Crippen LogP) is 2.81. The SMILES string of the molecule is CNc1ccc(Cn2nc(C)c(C)c2C)cc1[N+](=O)[O-]. The van der Waals surface area contributed by atoms with Crippen molar-refractivity contribution in [3.05, 3.63) is 50.8 Å². The zero-order valence-electron chi connectivity index (χ0n) is 12.1. The molecule has 0 saturated heterocycles. The summed E-state index contributed by atoms with van der Waals surface area (Å²) in [6.45, 7) is 6.53. The first-order valence-electron chi connectivity index (χ1n) is 6.39. The molecule has 2 aromatic rings. The largest absolute Gasteiger partial charge is 0.383 e. The van der Waals surface area contributed by atoms with Crippen LogP contribution in [0.5, 0.6) is 0 Å². The molecule has 0 aliphatic heterocycles. The van der Waals surface area contributed by atoms with Crippen molar-refractivity contribution in [1.82, 2.24) is 9.78 Å². The van der Waals surface area contributed by atoms with Crippen molar-refractivity contribution in [2.45, 2.75) is 27.3 Å². The Morgan fingerprint density at radius 2 is 2.05 bits per heavy atom. The molecule has 0 radical (unpaired) electrons. The van der Waals surface area contributed by atoms with Gasteiger partial charge in [0.15, 0.2) is 0 Å². The monoisotopic (exact) mass is 274 g/mol. The molecule has 0 amide bonds. The predicted molar refractivity (Wildman–Crippen MR) is 78.2 cm³/mol. The Labute approximate surface area is 117 Å². The van der Waals surface area contributed by atoms with Crippen molar-refractivity contribution in [3.63, 3.8) is 0 Å². The summed E-state index contributed by atoms with van der Waals surface area (Å²) < 4.78 is 1.88. The molecular formula is C14H18N4O2. The van der Waals surface area contributed by atoms with E-state index in [4.69, 9.17) is 0 Å². The maximum atomic E-state index is 11.1. The first-order valence-corrected chi connectivity index (χ1v) is 6.39. The van der Waals surface area contributed by atoms with Gasteiger partial charge in [-0.25, -0.2) is 0 Å². The molecule has 0 spiro atoms. The van der Waals surface area contributed by atoms with E-state index in [0.29, 0.717) is 12.2 Å². The van der Waals surface area contributed by atoms with Crippen molar-refractivity contribution in [2.75, 3.05) is 12.4 Å². The number of hydrogen-bond donors (Lipinski definition) is 1. The summed E-state index contributed by atoms with van der Waals surface area (Å²) >= 11 is 0. The van der Waals surface area contributed by atoms with Crippen LogP contribution >= 0.6 is 0 Å². The van der Waals surface area contributed by atoms with Crippen molar-refractivity contribution < 1.29 is 4.92 Å². The zero-order valence-corrected chi connectivity index (χ0v) is 12.1. The third-order valence-corrected chi connectivity index (χ3v) is 3.60. The highest BCUT2D eigenvalue weighted by atomic mass is 16.6. The van der Waals surface area contributed by atoms with Gasteiger partial charge in [-0.15, -0.1) is 0 Å². The summed E-state index contributed by atoms with van der Waals surface area (Å²) in [6, 6.07) is 5.20. The molecule has 0 fully saturated rings. The van der Waals surface area contributed by atoms with Crippen LogP contribution in [0.4, 0.5) is 11.4 Å². The van der Waals surface area contributed by atoms with Gasteiger partial charge in [0, 0.05) is 18.8 Å². The van der Waals surface area contributed by atoms with Crippen molar-refractivity contribution in [2.24, 2.45) is 0 Å². The molecule has 0 aliphatic rings. The van der Waals surface area contributed by atoms with E-state index in [1.807, 2.05) is 31.5 Å². The summed E-state index contributed by atoms with van der Waals surface area (Å²) in [7, 11) is 1.67. The number of nitrogens with zero attached hydrogens (tertiary/aromatic N) is 3. The van der Waals surface area contributed by atoms with Crippen molar-refractivity contribution >= 4 is 11.4 Å². The Morgan fingerprint density at radius 1 is 1.35 bits per heavy atom. The lowest BCUT2D eigenvalue weighted by atomic mass is 10.1. The van der Waals surface area contributed by atoms with Gasteiger partial charge in [-0.05, 0) is 38.0 Å². The molecule has 1 heterocycles. The lowest BCUT2D eigenvalue weighted by molar-refractivity contribution is -0.384. The highest BCUT2D eigenvalue weighted by molar-refractivity contribution is 5.62. The lowest BCUT2D eigenvalue weighted by Crippen LogP contribution is -2.05. The second-order valence-corrected chi connectivity index (χ2v) is 4.81. The van der Waals surface area contributed by atoms with Crippen LogP contribution in [0.2, 0.25) is 0 Å². The van der Waals surface area contributed by atoms with Gasteiger partial charge in [0.25, 0.3) is 5.69 Å². The number of benzene rings is 1. The second kappa shape index (κ2) is 5.32. The van der Waals surface area contributed by atoms with Crippen molar-refractivity contribution in [3.8, 4) is 0 Å². The topological polar surface area (TPSA) is 73.0 Å². The fourth-order valence-electron chi connectivity index (χ4n) is 2.15. The Kier molecular flexibility index (Phi) is 3.74. The van der Waals surface area contributed by atoms with Crippen LogP contribution in [-0.4, -0.2) is 21.8 Å². The highest BCUT2D eigenvalue weighted by Gasteiger charge is 2.14. The second-order valence-electron chi connectivity index (χ2n) is 4.81. The Morgan fingerprint density at radius 3 is 2.55 bits per heavy atom. The molecular weight excluding hydrogens is 256 g/mol. The molecule has 2 rings (SSSR count). The Hall–Kier alpha value is -2.37. The number of hydrogen-bond acceptors (Lipinski definition) is 4. The smallest absolute Gasteiger partial charge is 0.292 e. The Balaban J connectivity index is 2.36. The minimum atomic E-state index is -0.373. The number of aryl methyl sites for hydroxylation is 1. The number of aromatic nitrogens is 2. The summed E-state index contributed by atoms with van der Waals surface area (Å²) in [5, 5.41) is 18.3. The number of nitrogens with one attached hydrogen (secondary N) is 1. The molecule has 1 N–H and O–H groups in total. The van der Waals surface area contributed by atoms with Crippen LogP contribution in [0.15, 0.2) is 18.2 Å². The van der Waals surface area contributed by atoms with Crippen LogP contribution in [-0.2, 0) is 6.54 Å². The molecule has 1 aromatic heterocycles. The van der Waals surface area contributed by atoms with Gasteiger partial charge in [0.1, 0.15) is 5.69 Å². The van der Waals surface area contributed by atoms with E-state index in [0.717, 1.165) is 22.5 Å². The van der Waals surface area contributed by atoms with Crippen LogP contribution < -0.4 is 5.32 Å². The van der Waals surface area contributed by atoms with Gasteiger partial charge in [0.2, 0.25) is 0 Å². The molecule has 6 nitrogen and oxygen atoms in total. The van der Waals surface area contributed by atoms with E-state index in [1.54, 1.807) is 19.2 Å². The lowest BCUT2D eigenvalue weighted by Gasteiger charge is -2.07. The van der Waals surface area contributed by atoms with E-state index in [1.165, 1.54) is 0 Å². The van der Waals surface area contributed by atoms with Gasteiger partial charge in [-0.1, -0.05) is 6.07 Å². The molecule has 6 heteroatoms. The average Bonchev–Trinajstić information content (AvgIpc) is 2.66. The van der Waals surface area contributed by atoms with E-state index in [9.17, 15) is 10.1 Å². The van der Waals surface area contributed by atoms with E-state index in [-0.39, 0.29) is 10.6 Å². The third kappa shape index (κ3) is 2.49. The van der Waals surface area contributed by atoms with Gasteiger partial charge in [-0.2, -0.15) is 5.10 Å². The van der Waals surface area contributed by atoms with Gasteiger partial charge < -0.3 is 5.32 Å². The molecule has 106 valence electrons. The number of nitro benzene ring substituents is 1. The fourth-order valence-corrected chi connectivity index (χ4v) is 2.15. The van der Waals surface area contributed by atoms with E-state index >= 15 is 0 Å². The Bertz CT molecular complexity index is 661. The van der Waals surface area contributed by atoms with Crippen LogP contribution in [0, 0.1) is 30.9 Å². The standard InChI is InChI=1S/C14H18N4O2/c1-9-10(2)16-17(11(9)3)8-12-5-6-13(15-4)14(7-12)18(19)20/h5-7,15H,8H2,1-4H3. The molecule has 20 heavy (non-hydrogen) atoms. The summed E-state index contributed by atoms with van der Waals surface area (Å²) in [5.41, 5.74) is 4.70. The minimum Gasteiger partial charge on any atom is -0.383 e. The average molecular weight is 274 g/mol. The first kappa shape index (κ1) is 14.0. The van der Waals surface area contributed by atoms with Crippen LogP contribution in [0.3, 0.4) is 0 Å². The molecule has 0 aliphatic carbocycles. The highest BCUT2D eigenvalue weighted by Crippen LogP contribution is 2.25. The number of anilines is 1. The van der Waals surface area contributed by atoms with Crippen LogP contribution in [0.25, 0.3) is 0 Å². The summed E-state index contributed by atoms with van der Waals surface area (Å²) in [5.74, 6) is 0. The maximum absolute atomic E-state index is 11.1. The third-order valence-electron chi connectivity index (χ3n) is 3.60. The minimum absolute atomic E-state index is 0.0863. The van der Waals surface area contributed by atoms with Gasteiger partial charge in [-0.3, -0.25) is 14.8 Å². The van der Waals surface area contributed by atoms with Gasteiger partial charge >= 0.3 is 0 Å². The van der Waals surface area contributed by atoms with E-state index < -0.39 is 0 Å². The normalized spacial score (nSPS) is 10.6. The molecule has 0 saturated carbocycles. The molecule has 0 bridgehead atoms.